The molecule has 1 aromatic rings. The van der Waals surface area contributed by atoms with Crippen LogP contribution < -0.4 is 5.32 Å². The van der Waals surface area contributed by atoms with Crippen LogP contribution in [0.15, 0.2) is 17.4 Å². The maximum absolute atomic E-state index is 11.6. The van der Waals surface area contributed by atoms with E-state index in [0.29, 0.717) is 25.6 Å². The molecule has 1 atom stereocenters. The van der Waals surface area contributed by atoms with E-state index in [0.717, 1.165) is 38.4 Å². The fourth-order valence-corrected chi connectivity index (χ4v) is 4.22. The molecule has 1 unspecified atom stereocenters. The van der Waals surface area contributed by atoms with Crippen molar-refractivity contribution in [3.8, 4) is 0 Å². The third-order valence-corrected chi connectivity index (χ3v) is 6.05. The van der Waals surface area contributed by atoms with E-state index >= 15 is 0 Å². The molecule has 1 saturated heterocycles. The normalized spacial score (nSPS) is 18.7. The standard InChI is InChI=1S/C17H32N6O2S/c1-5-18-17(19-9-7-10-23(6-2)26(4,24)25)22-11-8-15(14-22)16-12-20-21(3)13-16/h12-13,15H,5-11,14H2,1-4H3,(H,18,19). The monoisotopic (exact) mass is 384 g/mol. The Morgan fingerprint density at radius 2 is 2.23 bits per heavy atom. The Hall–Kier alpha value is -1.61. The molecule has 1 aliphatic heterocycles. The molecule has 26 heavy (non-hydrogen) atoms. The first-order valence-electron chi connectivity index (χ1n) is 9.32. The predicted molar refractivity (Wildman–Crippen MR) is 105 cm³/mol. The van der Waals surface area contributed by atoms with Gasteiger partial charge in [0.2, 0.25) is 10.0 Å². The van der Waals surface area contributed by atoms with Crippen LogP contribution in [-0.2, 0) is 17.1 Å². The molecule has 2 heterocycles. The van der Waals surface area contributed by atoms with Crippen LogP contribution in [0.2, 0.25) is 0 Å². The molecule has 0 bridgehead atoms. The molecule has 1 fully saturated rings. The quantitative estimate of drug-likeness (QED) is 0.408. The van der Waals surface area contributed by atoms with E-state index < -0.39 is 10.0 Å². The number of hydrogen-bond donors (Lipinski definition) is 1. The third kappa shape index (κ3) is 5.70. The molecule has 0 radical (unpaired) electrons. The Morgan fingerprint density at radius 1 is 1.46 bits per heavy atom. The van der Waals surface area contributed by atoms with Gasteiger partial charge in [0, 0.05) is 58.4 Å². The summed E-state index contributed by atoms with van der Waals surface area (Å²) in [4.78, 5) is 6.99. The van der Waals surface area contributed by atoms with Crippen LogP contribution >= 0.6 is 0 Å². The summed E-state index contributed by atoms with van der Waals surface area (Å²) in [5, 5.41) is 7.63. The van der Waals surface area contributed by atoms with Gasteiger partial charge in [-0.25, -0.2) is 12.7 Å². The van der Waals surface area contributed by atoms with Crippen molar-refractivity contribution in [3.05, 3.63) is 18.0 Å². The highest BCUT2D eigenvalue weighted by atomic mass is 32.2. The van der Waals surface area contributed by atoms with Gasteiger partial charge in [-0.2, -0.15) is 5.10 Å². The fourth-order valence-electron chi connectivity index (χ4n) is 3.29. The minimum atomic E-state index is -3.13. The second-order valence-corrected chi connectivity index (χ2v) is 8.71. The topological polar surface area (TPSA) is 82.8 Å². The molecule has 1 aromatic heterocycles. The van der Waals surface area contributed by atoms with Crippen LogP contribution in [0.4, 0.5) is 0 Å². The van der Waals surface area contributed by atoms with Gasteiger partial charge in [0.05, 0.1) is 12.5 Å². The van der Waals surface area contributed by atoms with Crippen molar-refractivity contribution < 1.29 is 8.42 Å². The summed E-state index contributed by atoms with van der Waals surface area (Å²) in [6, 6.07) is 0. The van der Waals surface area contributed by atoms with Crippen molar-refractivity contribution >= 4 is 16.0 Å². The fraction of sp³-hybridized carbons (Fsp3) is 0.765. The number of rotatable bonds is 8. The van der Waals surface area contributed by atoms with Crippen molar-refractivity contribution in [3.63, 3.8) is 0 Å². The maximum Gasteiger partial charge on any atom is 0.211 e. The number of aliphatic imine (C=N–C) groups is 1. The summed E-state index contributed by atoms with van der Waals surface area (Å²) in [6.45, 7) is 8.26. The van der Waals surface area contributed by atoms with Gasteiger partial charge in [0.1, 0.15) is 0 Å². The van der Waals surface area contributed by atoms with Crippen molar-refractivity contribution in [1.82, 2.24) is 24.3 Å². The minimum absolute atomic E-state index is 0.480. The van der Waals surface area contributed by atoms with Gasteiger partial charge in [-0.3, -0.25) is 9.67 Å². The molecule has 1 aliphatic rings. The highest BCUT2D eigenvalue weighted by Crippen LogP contribution is 2.26. The van der Waals surface area contributed by atoms with Gasteiger partial charge in [-0.15, -0.1) is 0 Å². The van der Waals surface area contributed by atoms with Crippen LogP contribution in [0.25, 0.3) is 0 Å². The van der Waals surface area contributed by atoms with E-state index in [4.69, 9.17) is 4.99 Å². The Bertz CT molecular complexity index is 700. The number of nitrogens with zero attached hydrogens (tertiary/aromatic N) is 5. The molecular formula is C17H32N6O2S. The molecule has 0 aromatic carbocycles. The van der Waals surface area contributed by atoms with Crippen LogP contribution in [0, 0.1) is 0 Å². The lowest BCUT2D eigenvalue weighted by atomic mass is 10.0. The lowest BCUT2D eigenvalue weighted by Gasteiger charge is -2.22. The Morgan fingerprint density at radius 3 is 2.81 bits per heavy atom. The van der Waals surface area contributed by atoms with Crippen LogP contribution in [0.1, 0.15) is 38.2 Å². The minimum Gasteiger partial charge on any atom is -0.357 e. The smallest absolute Gasteiger partial charge is 0.211 e. The van der Waals surface area contributed by atoms with Gasteiger partial charge < -0.3 is 10.2 Å². The first kappa shape index (κ1) is 20.7. The van der Waals surface area contributed by atoms with Crippen LogP contribution in [0.5, 0.6) is 0 Å². The number of aryl methyl sites for hydroxylation is 1. The van der Waals surface area contributed by atoms with Gasteiger partial charge in [-0.1, -0.05) is 6.92 Å². The molecule has 148 valence electrons. The first-order valence-corrected chi connectivity index (χ1v) is 11.2. The van der Waals surface area contributed by atoms with Crippen molar-refractivity contribution in [2.24, 2.45) is 12.0 Å². The number of likely N-dealkylation sites (tertiary alicyclic amines) is 1. The predicted octanol–water partition coefficient (Wildman–Crippen LogP) is 0.847. The van der Waals surface area contributed by atoms with Crippen molar-refractivity contribution in [2.45, 2.75) is 32.6 Å². The summed E-state index contributed by atoms with van der Waals surface area (Å²) >= 11 is 0. The molecule has 9 heteroatoms. The summed E-state index contributed by atoms with van der Waals surface area (Å²) in [7, 11) is -1.18. The van der Waals surface area contributed by atoms with Gasteiger partial charge in [0.25, 0.3) is 0 Å². The average molecular weight is 385 g/mol. The molecule has 0 amide bonds. The molecule has 1 N–H and O–H groups in total. The van der Waals surface area contributed by atoms with E-state index in [1.54, 1.807) is 0 Å². The maximum atomic E-state index is 11.6. The van der Waals surface area contributed by atoms with Gasteiger partial charge in [-0.05, 0) is 25.3 Å². The zero-order valence-corrected chi connectivity index (χ0v) is 17.2. The van der Waals surface area contributed by atoms with Crippen LogP contribution in [-0.4, -0.2) is 78.9 Å². The lowest BCUT2D eigenvalue weighted by Crippen LogP contribution is -2.40. The second kappa shape index (κ2) is 9.36. The van der Waals surface area contributed by atoms with Crippen molar-refractivity contribution in [2.75, 3.05) is 45.5 Å². The van der Waals surface area contributed by atoms with E-state index in [2.05, 4.69) is 28.4 Å². The number of guanidine groups is 1. The second-order valence-electron chi connectivity index (χ2n) is 6.72. The molecule has 2 rings (SSSR count). The Labute approximate surface area is 157 Å². The zero-order valence-electron chi connectivity index (χ0n) is 16.3. The van der Waals surface area contributed by atoms with Crippen molar-refractivity contribution in [1.29, 1.82) is 0 Å². The molecule has 0 saturated carbocycles. The van der Waals surface area contributed by atoms with E-state index in [1.807, 2.05) is 24.9 Å². The molecule has 8 nitrogen and oxygen atoms in total. The number of aromatic nitrogens is 2. The molecule has 0 aliphatic carbocycles. The lowest BCUT2D eigenvalue weighted by molar-refractivity contribution is 0.425. The molecular weight excluding hydrogens is 352 g/mol. The summed E-state index contributed by atoms with van der Waals surface area (Å²) in [6.07, 6.45) is 7.10. The number of sulfonamides is 1. The van der Waals surface area contributed by atoms with E-state index in [-0.39, 0.29) is 0 Å². The highest BCUT2D eigenvalue weighted by molar-refractivity contribution is 7.88. The highest BCUT2D eigenvalue weighted by Gasteiger charge is 2.26. The number of nitrogens with one attached hydrogen (secondary N) is 1. The Balaban J connectivity index is 1.90. The number of hydrogen-bond acceptors (Lipinski definition) is 4. The third-order valence-electron chi connectivity index (χ3n) is 4.67. The first-order chi connectivity index (χ1) is 12.3. The average Bonchev–Trinajstić information content (AvgIpc) is 3.21. The Kier molecular flexibility index (Phi) is 7.45. The summed E-state index contributed by atoms with van der Waals surface area (Å²) < 4.78 is 26.6. The summed E-state index contributed by atoms with van der Waals surface area (Å²) in [5.41, 5.74) is 1.28. The van der Waals surface area contributed by atoms with E-state index in [9.17, 15) is 8.42 Å². The largest absolute Gasteiger partial charge is 0.357 e. The van der Waals surface area contributed by atoms with E-state index in [1.165, 1.54) is 16.1 Å². The summed E-state index contributed by atoms with van der Waals surface area (Å²) in [5.74, 6) is 1.40. The SMILES string of the molecule is CCNC(=NCCCN(CC)S(C)(=O)=O)N1CCC(c2cnn(C)c2)C1. The van der Waals surface area contributed by atoms with Gasteiger partial charge in [0.15, 0.2) is 5.96 Å². The zero-order chi connectivity index (χ0) is 19.2. The molecule has 0 spiro atoms. The van der Waals surface area contributed by atoms with Gasteiger partial charge >= 0.3 is 0 Å². The van der Waals surface area contributed by atoms with Crippen LogP contribution in [0.3, 0.4) is 0 Å².